The summed E-state index contributed by atoms with van der Waals surface area (Å²) in [6, 6.07) is 7.98. The minimum Gasteiger partial charge on any atom is -0.361 e. The van der Waals surface area contributed by atoms with Crippen molar-refractivity contribution in [3.05, 3.63) is 41.4 Å². The van der Waals surface area contributed by atoms with E-state index >= 15 is 0 Å². The van der Waals surface area contributed by atoms with Gasteiger partial charge in [0.2, 0.25) is 0 Å². The Hall–Kier alpha value is -2.37. The molecule has 1 atom stereocenters. The van der Waals surface area contributed by atoms with Gasteiger partial charge in [0.05, 0.1) is 0 Å². The Balaban J connectivity index is 1.68. The van der Waals surface area contributed by atoms with Crippen LogP contribution in [-0.2, 0) is 6.42 Å². The van der Waals surface area contributed by atoms with Gasteiger partial charge in [-0.1, -0.05) is 18.1 Å². The highest BCUT2D eigenvalue weighted by Crippen LogP contribution is 2.22. The van der Waals surface area contributed by atoms with E-state index in [4.69, 9.17) is 4.52 Å². The summed E-state index contributed by atoms with van der Waals surface area (Å²) in [7, 11) is 1.86. The minimum atomic E-state index is -0.0739. The maximum atomic E-state index is 12.7. The number of aromatic nitrogens is 2. The van der Waals surface area contributed by atoms with Crippen molar-refractivity contribution in [2.75, 3.05) is 25.0 Å². The number of piperidine rings is 1. The van der Waals surface area contributed by atoms with Crippen LogP contribution < -0.4 is 4.90 Å². The Morgan fingerprint density at radius 1 is 1.44 bits per heavy atom. The van der Waals surface area contributed by atoms with Gasteiger partial charge in [-0.2, -0.15) is 0 Å². The van der Waals surface area contributed by atoms with Gasteiger partial charge >= 0.3 is 0 Å². The monoisotopic (exact) mass is 342 g/mol. The van der Waals surface area contributed by atoms with E-state index in [0.717, 1.165) is 56.0 Å². The molecule has 0 saturated carbocycles. The SMILES string of the molecule is CCCc1cc(C(=O)N(C)[C@H]2CCCN(c3cccc(C)n3)C2)no1. The van der Waals surface area contributed by atoms with Gasteiger partial charge in [-0.15, -0.1) is 0 Å². The van der Waals surface area contributed by atoms with E-state index in [2.05, 4.69) is 22.0 Å². The molecule has 0 aromatic carbocycles. The van der Waals surface area contributed by atoms with Crippen LogP contribution in [0.1, 0.15) is 48.1 Å². The number of likely N-dealkylation sites (N-methyl/N-ethyl adjacent to an activating group) is 1. The van der Waals surface area contributed by atoms with Gasteiger partial charge in [-0.05, 0) is 38.3 Å². The molecule has 1 amide bonds. The van der Waals surface area contributed by atoms with Gasteiger partial charge < -0.3 is 14.3 Å². The Labute approximate surface area is 148 Å². The maximum Gasteiger partial charge on any atom is 0.276 e. The number of anilines is 1. The predicted octanol–water partition coefficient (Wildman–Crippen LogP) is 3.07. The molecule has 25 heavy (non-hydrogen) atoms. The molecule has 1 aliphatic rings. The third-order valence-electron chi connectivity index (χ3n) is 4.74. The summed E-state index contributed by atoms with van der Waals surface area (Å²) in [5.41, 5.74) is 1.41. The lowest BCUT2D eigenvalue weighted by Crippen LogP contribution is -2.49. The van der Waals surface area contributed by atoms with E-state index in [1.54, 1.807) is 11.0 Å². The minimum absolute atomic E-state index is 0.0739. The fourth-order valence-corrected chi connectivity index (χ4v) is 3.31. The molecule has 6 heteroatoms. The zero-order valence-electron chi connectivity index (χ0n) is 15.2. The van der Waals surface area contributed by atoms with Crippen LogP contribution >= 0.6 is 0 Å². The van der Waals surface area contributed by atoms with Crippen molar-refractivity contribution in [1.82, 2.24) is 15.0 Å². The van der Waals surface area contributed by atoms with Gasteiger partial charge in [0.25, 0.3) is 5.91 Å². The first-order valence-electron chi connectivity index (χ1n) is 9.00. The molecule has 3 heterocycles. The summed E-state index contributed by atoms with van der Waals surface area (Å²) < 4.78 is 5.25. The Morgan fingerprint density at radius 2 is 2.28 bits per heavy atom. The first-order chi connectivity index (χ1) is 12.1. The third-order valence-corrected chi connectivity index (χ3v) is 4.74. The molecule has 0 unspecified atom stereocenters. The lowest BCUT2D eigenvalue weighted by Gasteiger charge is -2.38. The van der Waals surface area contributed by atoms with Crippen LogP contribution in [0, 0.1) is 6.92 Å². The summed E-state index contributed by atoms with van der Waals surface area (Å²) >= 11 is 0. The van der Waals surface area contributed by atoms with Crippen LogP contribution in [0.2, 0.25) is 0 Å². The number of rotatable bonds is 5. The summed E-state index contributed by atoms with van der Waals surface area (Å²) in [5.74, 6) is 1.68. The van der Waals surface area contributed by atoms with E-state index < -0.39 is 0 Å². The Morgan fingerprint density at radius 3 is 3.04 bits per heavy atom. The van der Waals surface area contributed by atoms with Crippen molar-refractivity contribution in [3.8, 4) is 0 Å². The Kier molecular flexibility index (Phi) is 5.36. The van der Waals surface area contributed by atoms with Crippen molar-refractivity contribution in [2.24, 2.45) is 0 Å². The van der Waals surface area contributed by atoms with Crippen LogP contribution in [0.25, 0.3) is 0 Å². The number of carbonyl (C=O) groups is 1. The smallest absolute Gasteiger partial charge is 0.276 e. The zero-order chi connectivity index (χ0) is 17.8. The standard InChI is InChI=1S/C19H26N4O2/c1-4-7-16-12-17(21-25-16)19(24)22(3)15-9-6-11-23(13-15)18-10-5-8-14(2)20-18/h5,8,10,12,15H,4,6-7,9,11,13H2,1-3H3/t15-/m0/s1. The van der Waals surface area contributed by atoms with Crippen LogP contribution in [0.4, 0.5) is 5.82 Å². The van der Waals surface area contributed by atoms with Crippen molar-refractivity contribution >= 4 is 11.7 Å². The molecule has 6 nitrogen and oxygen atoms in total. The lowest BCUT2D eigenvalue weighted by atomic mass is 10.0. The van der Waals surface area contributed by atoms with Crippen molar-refractivity contribution in [1.29, 1.82) is 0 Å². The van der Waals surface area contributed by atoms with Crippen molar-refractivity contribution in [3.63, 3.8) is 0 Å². The quantitative estimate of drug-likeness (QED) is 0.835. The lowest BCUT2D eigenvalue weighted by molar-refractivity contribution is 0.0706. The maximum absolute atomic E-state index is 12.7. The normalized spacial score (nSPS) is 17.6. The summed E-state index contributed by atoms with van der Waals surface area (Å²) in [6.45, 7) is 5.84. The topological polar surface area (TPSA) is 62.5 Å². The van der Waals surface area contributed by atoms with Crippen LogP contribution in [0.15, 0.2) is 28.8 Å². The molecule has 134 valence electrons. The molecule has 0 bridgehead atoms. The molecule has 1 saturated heterocycles. The van der Waals surface area contributed by atoms with Crippen molar-refractivity contribution in [2.45, 2.75) is 45.6 Å². The van der Waals surface area contributed by atoms with Gasteiger partial charge in [0.1, 0.15) is 11.6 Å². The molecule has 2 aromatic rings. The zero-order valence-corrected chi connectivity index (χ0v) is 15.2. The number of amides is 1. The van der Waals surface area contributed by atoms with Gasteiger partial charge in [-0.25, -0.2) is 4.98 Å². The van der Waals surface area contributed by atoms with Crippen LogP contribution in [-0.4, -0.2) is 47.1 Å². The predicted molar refractivity (Wildman–Crippen MR) is 96.8 cm³/mol. The highest BCUT2D eigenvalue weighted by Gasteiger charge is 2.28. The number of aryl methyl sites for hydroxylation is 2. The molecule has 2 aromatic heterocycles. The average Bonchev–Trinajstić information content (AvgIpc) is 3.09. The molecule has 0 radical (unpaired) electrons. The van der Waals surface area contributed by atoms with Gasteiger partial charge in [-0.3, -0.25) is 4.79 Å². The highest BCUT2D eigenvalue weighted by atomic mass is 16.5. The van der Waals surface area contributed by atoms with E-state index in [1.807, 2.05) is 32.2 Å². The molecule has 3 rings (SSSR count). The van der Waals surface area contributed by atoms with Crippen LogP contribution in [0.5, 0.6) is 0 Å². The van der Waals surface area contributed by atoms with Gasteiger partial charge in [0.15, 0.2) is 5.69 Å². The molecular formula is C19H26N4O2. The van der Waals surface area contributed by atoms with E-state index in [9.17, 15) is 4.79 Å². The summed E-state index contributed by atoms with van der Waals surface area (Å²) in [4.78, 5) is 21.4. The second-order valence-electron chi connectivity index (χ2n) is 6.72. The third kappa shape index (κ3) is 4.00. The molecule has 1 aliphatic heterocycles. The van der Waals surface area contributed by atoms with E-state index in [-0.39, 0.29) is 11.9 Å². The fraction of sp³-hybridized carbons (Fsp3) is 0.526. The molecular weight excluding hydrogens is 316 g/mol. The number of pyridine rings is 1. The summed E-state index contributed by atoms with van der Waals surface area (Å²) in [6.07, 6.45) is 3.81. The van der Waals surface area contributed by atoms with Crippen molar-refractivity contribution < 1.29 is 9.32 Å². The van der Waals surface area contributed by atoms with Gasteiger partial charge in [0, 0.05) is 44.4 Å². The highest BCUT2D eigenvalue weighted by molar-refractivity contribution is 5.92. The second-order valence-corrected chi connectivity index (χ2v) is 6.72. The Bertz CT molecular complexity index is 728. The molecule has 1 fully saturated rings. The molecule has 0 spiro atoms. The number of carbonyl (C=O) groups excluding carboxylic acids is 1. The van der Waals surface area contributed by atoms with E-state index in [0.29, 0.717) is 5.69 Å². The number of hydrogen-bond donors (Lipinski definition) is 0. The van der Waals surface area contributed by atoms with E-state index in [1.165, 1.54) is 0 Å². The summed E-state index contributed by atoms with van der Waals surface area (Å²) in [5, 5.41) is 3.95. The molecule has 0 aliphatic carbocycles. The largest absolute Gasteiger partial charge is 0.361 e. The van der Waals surface area contributed by atoms with Crippen LogP contribution in [0.3, 0.4) is 0 Å². The number of hydrogen-bond acceptors (Lipinski definition) is 5. The first-order valence-corrected chi connectivity index (χ1v) is 9.00. The average molecular weight is 342 g/mol. The first kappa shape index (κ1) is 17.5. The number of nitrogens with zero attached hydrogens (tertiary/aromatic N) is 4. The fourth-order valence-electron chi connectivity index (χ4n) is 3.31. The second kappa shape index (κ2) is 7.68. The molecule has 0 N–H and O–H groups in total.